The summed E-state index contributed by atoms with van der Waals surface area (Å²) in [4.78, 5) is 7.13. The fourth-order valence-corrected chi connectivity index (χ4v) is 3.02. The standard InChI is InChI=1S/C12H21N3S/c1-3-4-12-14-10(9-16-12)7-11-8-13-5-6-15(11)2/h9,11,13H,3-8H2,1-2H3. The van der Waals surface area contributed by atoms with Gasteiger partial charge in [-0.3, -0.25) is 0 Å². The molecular weight excluding hydrogens is 218 g/mol. The average Bonchev–Trinajstić information content (AvgIpc) is 2.70. The van der Waals surface area contributed by atoms with Crippen molar-refractivity contribution in [3.63, 3.8) is 0 Å². The molecule has 90 valence electrons. The Morgan fingerprint density at radius 2 is 2.50 bits per heavy atom. The van der Waals surface area contributed by atoms with Gasteiger partial charge in [0.15, 0.2) is 0 Å². The second-order valence-corrected chi connectivity index (χ2v) is 5.47. The van der Waals surface area contributed by atoms with Crippen molar-refractivity contribution in [3.05, 3.63) is 16.1 Å². The van der Waals surface area contributed by atoms with Gasteiger partial charge in [-0.2, -0.15) is 0 Å². The van der Waals surface area contributed by atoms with Crippen molar-refractivity contribution in [2.24, 2.45) is 0 Å². The van der Waals surface area contributed by atoms with Gasteiger partial charge in [-0.25, -0.2) is 4.98 Å². The molecule has 1 atom stereocenters. The van der Waals surface area contributed by atoms with Gasteiger partial charge >= 0.3 is 0 Å². The topological polar surface area (TPSA) is 28.2 Å². The first-order chi connectivity index (χ1) is 7.79. The summed E-state index contributed by atoms with van der Waals surface area (Å²) in [5, 5.41) is 6.98. The van der Waals surface area contributed by atoms with Crippen LogP contribution < -0.4 is 5.32 Å². The van der Waals surface area contributed by atoms with E-state index in [0.29, 0.717) is 6.04 Å². The van der Waals surface area contributed by atoms with Gasteiger partial charge in [0.25, 0.3) is 0 Å². The van der Waals surface area contributed by atoms with Crippen molar-refractivity contribution in [1.82, 2.24) is 15.2 Å². The van der Waals surface area contributed by atoms with Crippen LogP contribution in [0.3, 0.4) is 0 Å². The Bertz CT molecular complexity index is 324. The number of nitrogens with zero attached hydrogens (tertiary/aromatic N) is 2. The van der Waals surface area contributed by atoms with Crippen molar-refractivity contribution < 1.29 is 0 Å². The highest BCUT2D eigenvalue weighted by molar-refractivity contribution is 7.09. The highest BCUT2D eigenvalue weighted by Gasteiger charge is 2.19. The summed E-state index contributed by atoms with van der Waals surface area (Å²) in [6, 6.07) is 0.616. The highest BCUT2D eigenvalue weighted by atomic mass is 32.1. The Morgan fingerprint density at radius 3 is 3.25 bits per heavy atom. The zero-order valence-corrected chi connectivity index (χ0v) is 11.0. The molecule has 1 aliphatic rings. The van der Waals surface area contributed by atoms with E-state index >= 15 is 0 Å². The molecule has 1 aromatic heterocycles. The Labute approximate surface area is 102 Å². The van der Waals surface area contributed by atoms with Gasteiger partial charge in [0.1, 0.15) is 0 Å². The maximum absolute atomic E-state index is 4.69. The quantitative estimate of drug-likeness (QED) is 0.864. The van der Waals surface area contributed by atoms with E-state index in [2.05, 4.69) is 29.6 Å². The van der Waals surface area contributed by atoms with Gasteiger partial charge in [0.05, 0.1) is 10.7 Å². The van der Waals surface area contributed by atoms with Crippen molar-refractivity contribution in [3.8, 4) is 0 Å². The molecule has 3 nitrogen and oxygen atoms in total. The lowest BCUT2D eigenvalue weighted by atomic mass is 10.1. The average molecular weight is 239 g/mol. The summed E-state index contributed by atoms with van der Waals surface area (Å²) in [5.74, 6) is 0. The van der Waals surface area contributed by atoms with Crippen molar-refractivity contribution in [2.45, 2.75) is 32.2 Å². The smallest absolute Gasteiger partial charge is 0.0928 e. The van der Waals surface area contributed by atoms with E-state index in [4.69, 9.17) is 4.98 Å². The van der Waals surface area contributed by atoms with Crippen LogP contribution in [0.2, 0.25) is 0 Å². The molecule has 0 bridgehead atoms. The number of aromatic nitrogens is 1. The van der Waals surface area contributed by atoms with Gasteiger partial charge in [-0.15, -0.1) is 11.3 Å². The molecule has 0 aliphatic carbocycles. The van der Waals surface area contributed by atoms with E-state index in [1.807, 2.05) is 11.3 Å². The number of hydrogen-bond donors (Lipinski definition) is 1. The third-order valence-electron chi connectivity index (χ3n) is 3.15. The molecule has 2 heterocycles. The maximum Gasteiger partial charge on any atom is 0.0928 e. The fraction of sp³-hybridized carbons (Fsp3) is 0.750. The minimum absolute atomic E-state index is 0.616. The molecular formula is C12H21N3S. The second kappa shape index (κ2) is 5.75. The number of thiazole rings is 1. The van der Waals surface area contributed by atoms with Crippen LogP contribution in [-0.4, -0.2) is 42.6 Å². The third-order valence-corrected chi connectivity index (χ3v) is 4.11. The van der Waals surface area contributed by atoms with Crippen molar-refractivity contribution in [2.75, 3.05) is 26.7 Å². The second-order valence-electron chi connectivity index (χ2n) is 4.53. The number of aryl methyl sites for hydroxylation is 1. The molecule has 0 aromatic carbocycles. The van der Waals surface area contributed by atoms with Crippen LogP contribution >= 0.6 is 11.3 Å². The Kier molecular flexibility index (Phi) is 4.32. The summed E-state index contributed by atoms with van der Waals surface area (Å²) < 4.78 is 0. The number of likely N-dealkylation sites (N-methyl/N-ethyl adjacent to an activating group) is 1. The van der Waals surface area contributed by atoms with Crippen LogP contribution in [0.5, 0.6) is 0 Å². The van der Waals surface area contributed by atoms with Gasteiger partial charge in [0.2, 0.25) is 0 Å². The van der Waals surface area contributed by atoms with E-state index in [1.165, 1.54) is 17.1 Å². The van der Waals surface area contributed by atoms with Crippen molar-refractivity contribution >= 4 is 11.3 Å². The predicted octanol–water partition coefficient (Wildman–Crippen LogP) is 1.54. The summed E-state index contributed by atoms with van der Waals surface area (Å²) in [7, 11) is 2.21. The van der Waals surface area contributed by atoms with Crippen molar-refractivity contribution in [1.29, 1.82) is 0 Å². The number of rotatable bonds is 4. The Hall–Kier alpha value is -0.450. The van der Waals surface area contributed by atoms with E-state index in [9.17, 15) is 0 Å². The van der Waals surface area contributed by atoms with E-state index in [-0.39, 0.29) is 0 Å². The SMILES string of the molecule is CCCc1nc(CC2CNCCN2C)cs1. The van der Waals surface area contributed by atoms with Crippen LogP contribution in [0.15, 0.2) is 5.38 Å². The van der Waals surface area contributed by atoms with Crippen LogP contribution in [0, 0.1) is 0 Å². The minimum atomic E-state index is 0.616. The lowest BCUT2D eigenvalue weighted by molar-refractivity contribution is 0.198. The first kappa shape index (κ1) is 12.0. The molecule has 0 radical (unpaired) electrons. The molecule has 1 saturated heterocycles. The normalized spacial score (nSPS) is 22.5. The number of piperazine rings is 1. The zero-order valence-electron chi connectivity index (χ0n) is 10.2. The zero-order chi connectivity index (χ0) is 11.4. The van der Waals surface area contributed by atoms with E-state index in [1.54, 1.807) is 0 Å². The monoisotopic (exact) mass is 239 g/mol. The molecule has 4 heteroatoms. The molecule has 0 saturated carbocycles. The molecule has 1 aromatic rings. The number of hydrogen-bond acceptors (Lipinski definition) is 4. The van der Waals surface area contributed by atoms with Gasteiger partial charge < -0.3 is 10.2 Å². The summed E-state index contributed by atoms with van der Waals surface area (Å²) >= 11 is 1.81. The first-order valence-corrected chi connectivity index (χ1v) is 7.01. The summed E-state index contributed by atoms with van der Waals surface area (Å²) in [5.41, 5.74) is 1.27. The Balaban J connectivity index is 1.91. The lowest BCUT2D eigenvalue weighted by Gasteiger charge is -2.32. The number of nitrogens with one attached hydrogen (secondary N) is 1. The highest BCUT2D eigenvalue weighted by Crippen LogP contribution is 2.15. The summed E-state index contributed by atoms with van der Waals surface area (Å²) in [6.45, 7) is 5.57. The van der Waals surface area contributed by atoms with Crippen LogP contribution in [0.1, 0.15) is 24.0 Å². The molecule has 1 unspecified atom stereocenters. The molecule has 1 fully saturated rings. The lowest BCUT2D eigenvalue weighted by Crippen LogP contribution is -2.50. The van der Waals surface area contributed by atoms with Gasteiger partial charge in [-0.05, 0) is 19.9 Å². The molecule has 1 N–H and O–H groups in total. The predicted molar refractivity (Wildman–Crippen MR) is 69.1 cm³/mol. The molecule has 16 heavy (non-hydrogen) atoms. The molecule has 2 rings (SSSR count). The molecule has 1 aliphatic heterocycles. The van der Waals surface area contributed by atoms with Crippen LogP contribution in [-0.2, 0) is 12.8 Å². The van der Waals surface area contributed by atoms with Crippen LogP contribution in [0.25, 0.3) is 0 Å². The Morgan fingerprint density at radius 1 is 1.62 bits per heavy atom. The third kappa shape index (κ3) is 3.03. The largest absolute Gasteiger partial charge is 0.314 e. The van der Waals surface area contributed by atoms with Gasteiger partial charge in [0, 0.05) is 37.5 Å². The van der Waals surface area contributed by atoms with Crippen LogP contribution in [0.4, 0.5) is 0 Å². The molecule has 0 spiro atoms. The molecule has 0 amide bonds. The fourth-order valence-electron chi connectivity index (χ4n) is 2.10. The minimum Gasteiger partial charge on any atom is -0.314 e. The first-order valence-electron chi connectivity index (χ1n) is 6.14. The van der Waals surface area contributed by atoms with E-state index < -0.39 is 0 Å². The maximum atomic E-state index is 4.69. The van der Waals surface area contributed by atoms with Gasteiger partial charge in [-0.1, -0.05) is 6.92 Å². The summed E-state index contributed by atoms with van der Waals surface area (Å²) in [6.07, 6.45) is 3.41. The van der Waals surface area contributed by atoms with E-state index in [0.717, 1.165) is 32.5 Å².